The molecule has 0 aliphatic carbocycles. The Morgan fingerprint density at radius 1 is 0.950 bits per heavy atom. The van der Waals surface area contributed by atoms with E-state index < -0.39 is 6.10 Å². The van der Waals surface area contributed by atoms with Crippen LogP contribution in [-0.2, 0) is 0 Å². The quantitative estimate of drug-likeness (QED) is 0.871. The van der Waals surface area contributed by atoms with E-state index in [9.17, 15) is 5.11 Å². The molecule has 0 fully saturated rings. The molecule has 0 aliphatic heterocycles. The number of benzene rings is 2. The van der Waals surface area contributed by atoms with Crippen molar-refractivity contribution in [3.8, 4) is 0 Å². The maximum Gasteiger partial charge on any atom is 0.0871 e. The first-order valence-corrected chi connectivity index (χ1v) is 7.25. The summed E-state index contributed by atoms with van der Waals surface area (Å²) in [6, 6.07) is 12.4. The van der Waals surface area contributed by atoms with E-state index in [-0.39, 0.29) is 5.92 Å². The van der Waals surface area contributed by atoms with E-state index in [1.165, 1.54) is 0 Å². The number of nitrogens with two attached hydrogens (primary N) is 1. The zero-order valence-corrected chi connectivity index (χ0v) is 12.8. The first-order chi connectivity index (χ1) is 9.52. The predicted molar refractivity (Wildman–Crippen MR) is 84.7 cm³/mol. The maximum atomic E-state index is 10.5. The number of hydrogen-bond acceptors (Lipinski definition) is 2. The lowest BCUT2D eigenvalue weighted by Gasteiger charge is -2.22. The van der Waals surface area contributed by atoms with Crippen molar-refractivity contribution in [1.29, 1.82) is 0 Å². The molecule has 2 rings (SSSR count). The Balaban J connectivity index is 2.33. The first kappa shape index (κ1) is 15.6. The minimum absolute atomic E-state index is 0.258. The molecule has 0 amide bonds. The Morgan fingerprint density at radius 3 is 2.30 bits per heavy atom. The standard InChI is InChI=1S/C15H14Cl3NO/c16-11-3-1-2-9(6-11)12(8-19)15(20)10-4-5-13(17)14(18)7-10/h1-7,12,15,20H,8,19H2. The third-order valence-corrected chi connectivity index (χ3v) is 4.17. The van der Waals surface area contributed by atoms with Crippen LogP contribution in [0.4, 0.5) is 0 Å². The predicted octanol–water partition coefficient (Wildman–Crippen LogP) is 4.42. The highest BCUT2D eigenvalue weighted by atomic mass is 35.5. The van der Waals surface area contributed by atoms with Gasteiger partial charge in [-0.05, 0) is 35.4 Å². The average molecular weight is 331 g/mol. The van der Waals surface area contributed by atoms with Gasteiger partial charge in [-0.25, -0.2) is 0 Å². The molecule has 0 bridgehead atoms. The van der Waals surface area contributed by atoms with E-state index in [1.54, 1.807) is 30.3 Å². The lowest BCUT2D eigenvalue weighted by atomic mass is 9.89. The van der Waals surface area contributed by atoms with Crippen molar-refractivity contribution in [2.75, 3.05) is 6.54 Å². The molecular formula is C15H14Cl3NO. The first-order valence-electron chi connectivity index (χ1n) is 6.11. The third-order valence-electron chi connectivity index (χ3n) is 3.20. The SMILES string of the molecule is NCC(c1cccc(Cl)c1)C(O)c1ccc(Cl)c(Cl)c1. The molecule has 0 heterocycles. The Morgan fingerprint density at radius 2 is 1.70 bits per heavy atom. The van der Waals surface area contributed by atoms with Crippen LogP contribution in [0.15, 0.2) is 42.5 Å². The van der Waals surface area contributed by atoms with Crippen molar-refractivity contribution in [3.63, 3.8) is 0 Å². The Bertz CT molecular complexity index is 603. The van der Waals surface area contributed by atoms with E-state index in [0.29, 0.717) is 27.2 Å². The van der Waals surface area contributed by atoms with Crippen molar-refractivity contribution >= 4 is 34.8 Å². The summed E-state index contributed by atoms with van der Waals surface area (Å²) in [7, 11) is 0. The van der Waals surface area contributed by atoms with Gasteiger partial charge in [-0.15, -0.1) is 0 Å². The fourth-order valence-electron chi connectivity index (χ4n) is 2.11. The summed E-state index contributed by atoms with van der Waals surface area (Å²) >= 11 is 17.8. The highest BCUT2D eigenvalue weighted by molar-refractivity contribution is 6.42. The summed E-state index contributed by atoms with van der Waals surface area (Å²) in [6.07, 6.45) is -0.770. The van der Waals surface area contributed by atoms with Crippen LogP contribution >= 0.6 is 34.8 Å². The normalized spacial score (nSPS) is 14.1. The number of aliphatic hydroxyl groups excluding tert-OH is 1. The summed E-state index contributed by atoms with van der Waals surface area (Å²) in [6.45, 7) is 0.293. The van der Waals surface area contributed by atoms with Gasteiger partial charge in [-0.2, -0.15) is 0 Å². The molecule has 0 saturated carbocycles. The molecule has 2 nitrogen and oxygen atoms in total. The molecule has 2 aromatic carbocycles. The van der Waals surface area contributed by atoms with Crippen molar-refractivity contribution in [2.45, 2.75) is 12.0 Å². The lowest BCUT2D eigenvalue weighted by Crippen LogP contribution is -2.20. The third kappa shape index (κ3) is 3.46. The average Bonchev–Trinajstić information content (AvgIpc) is 2.42. The van der Waals surface area contributed by atoms with E-state index in [2.05, 4.69) is 0 Å². The van der Waals surface area contributed by atoms with Gasteiger partial charge in [-0.3, -0.25) is 0 Å². The molecule has 0 radical (unpaired) electrons. The fraction of sp³-hybridized carbons (Fsp3) is 0.200. The van der Waals surface area contributed by atoms with Crippen LogP contribution in [0.25, 0.3) is 0 Å². The van der Waals surface area contributed by atoms with Gasteiger partial charge in [0.25, 0.3) is 0 Å². The number of hydrogen-bond donors (Lipinski definition) is 2. The van der Waals surface area contributed by atoms with Crippen molar-refractivity contribution in [1.82, 2.24) is 0 Å². The molecule has 0 aromatic heterocycles. The van der Waals surface area contributed by atoms with E-state index in [1.807, 2.05) is 12.1 Å². The van der Waals surface area contributed by atoms with Crippen molar-refractivity contribution in [3.05, 3.63) is 68.7 Å². The largest absolute Gasteiger partial charge is 0.388 e. The van der Waals surface area contributed by atoms with Crippen LogP contribution in [0.2, 0.25) is 15.1 Å². The van der Waals surface area contributed by atoms with Crippen LogP contribution in [0.1, 0.15) is 23.1 Å². The zero-order valence-electron chi connectivity index (χ0n) is 10.6. The Labute approximate surface area is 133 Å². The summed E-state index contributed by atoms with van der Waals surface area (Å²) < 4.78 is 0. The Hall–Kier alpha value is -0.770. The van der Waals surface area contributed by atoms with Gasteiger partial charge in [0.15, 0.2) is 0 Å². The van der Waals surface area contributed by atoms with Crippen LogP contribution in [-0.4, -0.2) is 11.7 Å². The molecule has 3 N–H and O–H groups in total. The van der Waals surface area contributed by atoms with E-state index in [0.717, 1.165) is 5.56 Å². The topological polar surface area (TPSA) is 46.2 Å². The molecule has 2 aromatic rings. The highest BCUT2D eigenvalue weighted by Gasteiger charge is 2.22. The summed E-state index contributed by atoms with van der Waals surface area (Å²) in [4.78, 5) is 0. The second kappa shape index (κ2) is 6.79. The molecule has 106 valence electrons. The summed E-state index contributed by atoms with van der Waals surface area (Å²) in [5, 5.41) is 12.0. The molecule has 0 spiro atoms. The number of halogens is 3. The molecule has 0 saturated heterocycles. The molecular weight excluding hydrogens is 317 g/mol. The van der Waals surface area contributed by atoms with Crippen LogP contribution < -0.4 is 5.73 Å². The lowest BCUT2D eigenvalue weighted by molar-refractivity contribution is 0.147. The van der Waals surface area contributed by atoms with Crippen LogP contribution in [0, 0.1) is 0 Å². The number of aliphatic hydroxyl groups is 1. The second-order valence-electron chi connectivity index (χ2n) is 4.52. The maximum absolute atomic E-state index is 10.5. The number of rotatable bonds is 4. The minimum atomic E-state index is -0.770. The van der Waals surface area contributed by atoms with Gasteiger partial charge in [0.2, 0.25) is 0 Å². The molecule has 5 heteroatoms. The molecule has 20 heavy (non-hydrogen) atoms. The van der Waals surface area contributed by atoms with Gasteiger partial charge in [-0.1, -0.05) is 53.0 Å². The smallest absolute Gasteiger partial charge is 0.0871 e. The molecule has 0 aliphatic rings. The van der Waals surface area contributed by atoms with Crippen molar-refractivity contribution < 1.29 is 5.11 Å². The van der Waals surface area contributed by atoms with Gasteiger partial charge in [0.1, 0.15) is 0 Å². The van der Waals surface area contributed by atoms with Crippen LogP contribution in [0.3, 0.4) is 0 Å². The van der Waals surface area contributed by atoms with E-state index in [4.69, 9.17) is 40.5 Å². The van der Waals surface area contributed by atoms with Gasteiger partial charge in [0.05, 0.1) is 16.1 Å². The van der Waals surface area contributed by atoms with Crippen molar-refractivity contribution in [2.24, 2.45) is 5.73 Å². The second-order valence-corrected chi connectivity index (χ2v) is 5.77. The zero-order chi connectivity index (χ0) is 14.7. The minimum Gasteiger partial charge on any atom is -0.388 e. The summed E-state index contributed by atoms with van der Waals surface area (Å²) in [5.41, 5.74) is 7.36. The molecule has 2 unspecified atom stereocenters. The van der Waals surface area contributed by atoms with Gasteiger partial charge < -0.3 is 10.8 Å². The van der Waals surface area contributed by atoms with Crippen LogP contribution in [0.5, 0.6) is 0 Å². The summed E-state index contributed by atoms with van der Waals surface area (Å²) in [5.74, 6) is -0.258. The Kier molecular flexibility index (Phi) is 5.30. The monoisotopic (exact) mass is 329 g/mol. The van der Waals surface area contributed by atoms with Gasteiger partial charge >= 0.3 is 0 Å². The fourth-order valence-corrected chi connectivity index (χ4v) is 2.62. The highest BCUT2D eigenvalue weighted by Crippen LogP contribution is 2.34. The van der Waals surface area contributed by atoms with E-state index >= 15 is 0 Å². The molecule has 2 atom stereocenters. The van der Waals surface area contributed by atoms with Gasteiger partial charge in [0, 0.05) is 17.5 Å².